The first-order chi connectivity index (χ1) is 25.0. The summed E-state index contributed by atoms with van der Waals surface area (Å²) in [6, 6.07) is 0. The van der Waals surface area contributed by atoms with Crippen molar-refractivity contribution in [3.05, 3.63) is 0 Å². The third kappa shape index (κ3) is 36.1. The monoisotopic (exact) mass is 747 g/mol. The van der Waals surface area contributed by atoms with Gasteiger partial charge in [0.25, 0.3) is 0 Å². The smallest absolute Gasteiger partial charge is 0.434 e. The standard InChI is InChI=1S/C41H82N2O9/c1-7-9-11-13-15-17-19-21-23-25-33-47-39(44)49-35-27-29-42(3,4)31-37-51-41(46)52-38-32-43(5,6)30-28-36-50-40(45)48-34-26-24-22-20-18-16-14-12-10-8-2/h7-38H2,1-6H3/q+2. The van der Waals surface area contributed by atoms with Gasteiger partial charge in [-0.05, 0) is 12.8 Å². The molecule has 0 N–H and O–H groups in total. The van der Waals surface area contributed by atoms with Crippen LogP contribution in [0.1, 0.15) is 155 Å². The highest BCUT2D eigenvalue weighted by Gasteiger charge is 2.19. The minimum atomic E-state index is -0.679. The fraction of sp³-hybridized carbons (Fsp3) is 0.927. The van der Waals surface area contributed by atoms with Crippen molar-refractivity contribution >= 4 is 18.5 Å². The van der Waals surface area contributed by atoms with Crippen LogP contribution in [0.25, 0.3) is 0 Å². The SMILES string of the molecule is CCCCCCCCCCCCOC(=O)OCCC[N+](C)(C)CCOC(=O)OCC[N+](C)(C)CCCOC(=O)OCCCCCCCCCCCC. The summed E-state index contributed by atoms with van der Waals surface area (Å²) in [6.45, 7) is 9.11. The van der Waals surface area contributed by atoms with E-state index < -0.39 is 18.5 Å². The van der Waals surface area contributed by atoms with Gasteiger partial charge in [-0.2, -0.15) is 0 Å². The quantitative estimate of drug-likeness (QED) is 0.0268. The van der Waals surface area contributed by atoms with E-state index in [4.69, 9.17) is 28.4 Å². The van der Waals surface area contributed by atoms with Crippen molar-refractivity contribution in [3.63, 3.8) is 0 Å². The van der Waals surface area contributed by atoms with Crippen LogP contribution in [0.2, 0.25) is 0 Å². The summed E-state index contributed by atoms with van der Waals surface area (Å²) in [5.74, 6) is 0. The molecule has 0 atom stereocenters. The number of carbonyl (C=O) groups excluding carboxylic acids is 3. The Morgan fingerprint density at radius 2 is 0.538 bits per heavy atom. The van der Waals surface area contributed by atoms with Crippen molar-refractivity contribution in [2.24, 2.45) is 0 Å². The molecule has 0 aliphatic heterocycles. The molecule has 0 bridgehead atoms. The zero-order chi connectivity index (χ0) is 38.6. The van der Waals surface area contributed by atoms with Crippen LogP contribution in [0.3, 0.4) is 0 Å². The molecule has 0 aliphatic rings. The maximum Gasteiger partial charge on any atom is 0.508 e. The zero-order valence-electron chi connectivity index (χ0n) is 34.7. The van der Waals surface area contributed by atoms with Gasteiger partial charge in [-0.1, -0.05) is 129 Å². The van der Waals surface area contributed by atoms with Gasteiger partial charge in [-0.25, -0.2) is 14.4 Å². The van der Waals surface area contributed by atoms with E-state index in [1.165, 1.54) is 103 Å². The highest BCUT2D eigenvalue weighted by Crippen LogP contribution is 2.12. The van der Waals surface area contributed by atoms with Crippen LogP contribution in [0.5, 0.6) is 0 Å². The molecule has 0 unspecified atom stereocenters. The molecule has 0 fully saturated rings. The summed E-state index contributed by atoms with van der Waals surface area (Å²) < 4.78 is 32.6. The molecular formula is C41H82N2O9+2. The predicted octanol–water partition coefficient (Wildman–Crippen LogP) is 10.2. The van der Waals surface area contributed by atoms with E-state index in [9.17, 15) is 14.4 Å². The van der Waals surface area contributed by atoms with Crippen LogP contribution >= 0.6 is 0 Å². The van der Waals surface area contributed by atoms with E-state index in [-0.39, 0.29) is 13.2 Å². The summed E-state index contributed by atoms with van der Waals surface area (Å²) >= 11 is 0. The topological polar surface area (TPSA) is 107 Å². The molecule has 0 spiro atoms. The highest BCUT2D eigenvalue weighted by atomic mass is 16.7. The highest BCUT2D eigenvalue weighted by molar-refractivity contribution is 5.60. The molecule has 11 nitrogen and oxygen atoms in total. The van der Waals surface area contributed by atoms with Crippen LogP contribution in [0, 0.1) is 0 Å². The van der Waals surface area contributed by atoms with E-state index in [1.807, 2.05) is 28.2 Å². The van der Waals surface area contributed by atoms with Gasteiger partial charge in [0.1, 0.15) is 39.5 Å². The summed E-state index contributed by atoms with van der Waals surface area (Å²) in [6.07, 6.45) is 24.2. The molecular weight excluding hydrogens is 664 g/mol. The normalized spacial score (nSPS) is 11.7. The largest absolute Gasteiger partial charge is 0.508 e. The Balaban J connectivity index is 3.73. The second-order valence-corrected chi connectivity index (χ2v) is 15.7. The molecule has 0 rings (SSSR count). The third-order valence-electron chi connectivity index (χ3n) is 9.52. The molecule has 0 amide bonds. The summed E-state index contributed by atoms with van der Waals surface area (Å²) in [5, 5.41) is 0. The Labute approximate surface area is 318 Å². The van der Waals surface area contributed by atoms with Crippen LogP contribution in [0.15, 0.2) is 0 Å². The van der Waals surface area contributed by atoms with E-state index >= 15 is 0 Å². The average molecular weight is 747 g/mol. The van der Waals surface area contributed by atoms with Gasteiger partial charge in [0.15, 0.2) is 0 Å². The molecule has 0 aromatic rings. The van der Waals surface area contributed by atoms with Crippen molar-refractivity contribution in [2.75, 3.05) is 94.0 Å². The maximum absolute atomic E-state index is 12.1. The summed E-state index contributed by atoms with van der Waals surface area (Å²) in [4.78, 5) is 35.8. The van der Waals surface area contributed by atoms with Crippen LogP contribution in [0.4, 0.5) is 14.4 Å². The number of quaternary nitrogens is 2. The zero-order valence-corrected chi connectivity index (χ0v) is 34.7. The van der Waals surface area contributed by atoms with Crippen molar-refractivity contribution < 1.29 is 51.8 Å². The van der Waals surface area contributed by atoms with E-state index in [1.54, 1.807) is 0 Å². The fourth-order valence-corrected chi connectivity index (χ4v) is 5.89. The summed E-state index contributed by atoms with van der Waals surface area (Å²) in [5.41, 5.74) is 0. The number of rotatable bonds is 36. The first-order valence-electron chi connectivity index (χ1n) is 21.0. The first kappa shape index (κ1) is 49.7. The minimum Gasteiger partial charge on any atom is -0.434 e. The maximum atomic E-state index is 12.1. The van der Waals surface area contributed by atoms with Crippen molar-refractivity contribution in [2.45, 2.75) is 155 Å². The number of unbranched alkanes of at least 4 members (excludes halogenated alkanes) is 18. The number of hydrogen-bond donors (Lipinski definition) is 0. The van der Waals surface area contributed by atoms with Gasteiger partial charge in [0, 0.05) is 12.8 Å². The molecule has 11 heteroatoms. The molecule has 0 radical (unpaired) electrons. The fourth-order valence-electron chi connectivity index (χ4n) is 5.89. The van der Waals surface area contributed by atoms with Crippen LogP contribution < -0.4 is 0 Å². The number of hydrogen-bond acceptors (Lipinski definition) is 9. The van der Waals surface area contributed by atoms with Crippen LogP contribution in [-0.2, 0) is 28.4 Å². The van der Waals surface area contributed by atoms with E-state index in [2.05, 4.69) is 13.8 Å². The number of likely N-dealkylation sites (N-methyl/N-ethyl adjacent to an activating group) is 2. The summed E-state index contributed by atoms with van der Waals surface area (Å²) in [7, 11) is 8.17. The lowest BCUT2D eigenvalue weighted by atomic mass is 10.1. The minimum absolute atomic E-state index is 0.235. The van der Waals surface area contributed by atoms with Crippen molar-refractivity contribution in [3.8, 4) is 0 Å². The molecule has 0 aliphatic carbocycles. The third-order valence-corrected chi connectivity index (χ3v) is 9.52. The predicted molar refractivity (Wildman–Crippen MR) is 209 cm³/mol. The Morgan fingerprint density at radius 3 is 0.827 bits per heavy atom. The van der Waals surface area contributed by atoms with Gasteiger partial charge in [0.05, 0.1) is 54.5 Å². The lowest BCUT2D eigenvalue weighted by molar-refractivity contribution is -0.891. The van der Waals surface area contributed by atoms with Crippen molar-refractivity contribution in [1.29, 1.82) is 0 Å². The first-order valence-corrected chi connectivity index (χ1v) is 21.0. The van der Waals surface area contributed by atoms with E-state index in [0.29, 0.717) is 61.3 Å². The average Bonchev–Trinajstić information content (AvgIpc) is 3.09. The van der Waals surface area contributed by atoms with Crippen molar-refractivity contribution in [1.82, 2.24) is 0 Å². The van der Waals surface area contributed by atoms with Gasteiger partial charge < -0.3 is 37.4 Å². The Morgan fingerprint density at radius 1 is 0.308 bits per heavy atom. The molecule has 0 aromatic carbocycles. The molecule has 0 saturated carbocycles. The molecule has 0 heterocycles. The molecule has 0 aromatic heterocycles. The second kappa shape index (κ2) is 34.5. The van der Waals surface area contributed by atoms with Gasteiger partial charge in [-0.15, -0.1) is 0 Å². The number of ether oxygens (including phenoxy) is 6. The van der Waals surface area contributed by atoms with E-state index in [0.717, 1.165) is 38.8 Å². The Kier molecular flexibility index (Phi) is 33.0. The van der Waals surface area contributed by atoms with Gasteiger partial charge >= 0.3 is 18.5 Å². The van der Waals surface area contributed by atoms with Gasteiger partial charge in [0.2, 0.25) is 0 Å². The second-order valence-electron chi connectivity index (χ2n) is 15.7. The lowest BCUT2D eigenvalue weighted by Gasteiger charge is -2.30. The van der Waals surface area contributed by atoms with Crippen LogP contribution in [-0.4, -0.2) is 121 Å². The Bertz CT molecular complexity index is 788. The molecule has 308 valence electrons. The molecule has 52 heavy (non-hydrogen) atoms. The van der Waals surface area contributed by atoms with Gasteiger partial charge in [-0.3, -0.25) is 0 Å². The number of carbonyl (C=O) groups is 3. The Hall–Kier alpha value is -2.27. The number of nitrogens with zero attached hydrogens (tertiary/aromatic N) is 2. The lowest BCUT2D eigenvalue weighted by Crippen LogP contribution is -2.44. The molecule has 0 saturated heterocycles.